The first-order valence-corrected chi connectivity index (χ1v) is 19.5. The third-order valence-electron chi connectivity index (χ3n) is 11.7. The van der Waals surface area contributed by atoms with Gasteiger partial charge >= 0.3 is 0 Å². The van der Waals surface area contributed by atoms with Crippen LogP contribution < -0.4 is 0 Å². The van der Waals surface area contributed by atoms with E-state index in [0.717, 1.165) is 18.2 Å². The van der Waals surface area contributed by atoms with Gasteiger partial charge < -0.3 is 4.42 Å². The molecular weight excluding hydrogens is 714 g/mol. The van der Waals surface area contributed by atoms with Crippen LogP contribution in [0.3, 0.4) is 0 Å². The van der Waals surface area contributed by atoms with Crippen molar-refractivity contribution >= 4 is 33.0 Å². The van der Waals surface area contributed by atoms with E-state index >= 15 is 0 Å². The number of halogens is 3. The molecule has 57 heavy (non-hydrogen) atoms. The molecule has 288 valence electrons. The predicted octanol–water partition coefficient (Wildman–Crippen LogP) is 15.3. The van der Waals surface area contributed by atoms with Crippen molar-refractivity contribution in [2.24, 2.45) is 5.41 Å². The van der Waals surface area contributed by atoms with Gasteiger partial charge in [0.15, 0.2) is 0 Å². The standard InChI is InChI=1S/C51H47F3N2O/c1-29(2)40-24-35(32-16-14-31(15-17-32)33-20-22-51(5,6)23-21-33)25-41(30(3)4)48(40)56-45-13-8-7-12-44(45)55-50(56)39-11-9-10-38-37-19-18-34(26-46(37)57-49(38)39)47-42(53)27-36(52)28-43(47)54/h7-19,24-30,33H,20-23H2,1-6H3/i16D,17D,29D,30D,33D. The number of furan rings is 1. The van der Waals surface area contributed by atoms with Crippen LogP contribution in [0.5, 0.6) is 0 Å². The van der Waals surface area contributed by atoms with Crippen molar-refractivity contribution in [1.82, 2.24) is 9.55 Å². The Balaban J connectivity index is 1.27. The summed E-state index contributed by atoms with van der Waals surface area (Å²) < 4.78 is 99.5. The maximum absolute atomic E-state index is 14.9. The summed E-state index contributed by atoms with van der Waals surface area (Å²) in [6.07, 6.45) is 3.09. The number of rotatable bonds is 7. The first kappa shape index (κ1) is 31.5. The first-order chi connectivity index (χ1) is 29.1. The Morgan fingerprint density at radius 1 is 0.772 bits per heavy atom. The fourth-order valence-electron chi connectivity index (χ4n) is 8.43. The molecule has 0 spiro atoms. The van der Waals surface area contributed by atoms with E-state index < -0.39 is 35.1 Å². The molecule has 0 bridgehead atoms. The lowest BCUT2D eigenvalue weighted by molar-refractivity contribution is 0.224. The SMILES string of the molecule is [2H]c1cc(C2([2H])CCC(C)(C)CC2)cc([2H])c1-c1cc(C([2H])(C)C)c(-n2c(-c3cccc4c3oc3cc(-c5c(F)cc(F)cc5F)ccc34)nc3ccccc32)c(C([2H])(C)C)c1. The molecule has 0 unspecified atom stereocenters. The molecule has 0 saturated heterocycles. The molecule has 1 saturated carbocycles. The van der Waals surface area contributed by atoms with Gasteiger partial charge in [-0.15, -0.1) is 0 Å². The van der Waals surface area contributed by atoms with Crippen LogP contribution in [-0.2, 0) is 0 Å². The van der Waals surface area contributed by atoms with Gasteiger partial charge in [-0.3, -0.25) is 4.57 Å². The van der Waals surface area contributed by atoms with E-state index in [1.165, 1.54) is 6.07 Å². The summed E-state index contributed by atoms with van der Waals surface area (Å²) in [6, 6.07) is 26.8. The summed E-state index contributed by atoms with van der Waals surface area (Å²) in [7, 11) is 0. The minimum atomic E-state index is -1.26. The lowest BCUT2D eigenvalue weighted by atomic mass is 9.71. The molecule has 6 heteroatoms. The van der Waals surface area contributed by atoms with Crippen LogP contribution in [0, 0.1) is 22.9 Å². The van der Waals surface area contributed by atoms with Gasteiger partial charge in [-0.1, -0.05) is 96.1 Å². The van der Waals surface area contributed by atoms with Crippen molar-refractivity contribution in [3.05, 3.63) is 143 Å². The molecule has 0 N–H and O–H groups in total. The smallest absolute Gasteiger partial charge is 0.149 e. The van der Waals surface area contributed by atoms with Crippen molar-refractivity contribution < 1.29 is 24.4 Å². The van der Waals surface area contributed by atoms with Gasteiger partial charge in [-0.25, -0.2) is 18.2 Å². The fourth-order valence-corrected chi connectivity index (χ4v) is 8.43. The van der Waals surface area contributed by atoms with Crippen molar-refractivity contribution in [3.8, 4) is 39.3 Å². The Morgan fingerprint density at radius 3 is 2.11 bits per heavy atom. The zero-order valence-electron chi connectivity index (χ0n) is 38.0. The van der Waals surface area contributed by atoms with Gasteiger partial charge in [-0.2, -0.15) is 0 Å². The highest BCUT2D eigenvalue weighted by molar-refractivity contribution is 6.10. The van der Waals surface area contributed by atoms with Crippen molar-refractivity contribution in [2.75, 3.05) is 0 Å². The number of aromatic nitrogens is 2. The summed E-state index contributed by atoms with van der Waals surface area (Å²) in [5, 5.41) is 1.41. The van der Waals surface area contributed by atoms with Crippen LogP contribution >= 0.6 is 0 Å². The van der Waals surface area contributed by atoms with E-state index in [1.807, 2.05) is 59.2 Å². The maximum atomic E-state index is 14.9. The molecule has 0 atom stereocenters. The topological polar surface area (TPSA) is 31.0 Å². The molecular formula is C51H47F3N2O. The van der Waals surface area contributed by atoms with Gasteiger partial charge in [0.1, 0.15) is 34.4 Å². The van der Waals surface area contributed by atoms with Gasteiger partial charge in [0.25, 0.3) is 0 Å². The quantitative estimate of drug-likeness (QED) is 0.162. The highest BCUT2D eigenvalue weighted by Gasteiger charge is 2.29. The normalized spacial score (nSPS) is 17.0. The number of imidazole rings is 1. The molecule has 0 radical (unpaired) electrons. The Bertz CT molecular complexity index is 3030. The summed E-state index contributed by atoms with van der Waals surface area (Å²) in [6.45, 7) is 11.6. The van der Waals surface area contributed by atoms with Crippen molar-refractivity contribution in [1.29, 1.82) is 0 Å². The summed E-state index contributed by atoms with van der Waals surface area (Å²) in [5.74, 6) is -6.00. The third kappa shape index (κ3) is 6.53. The van der Waals surface area contributed by atoms with Crippen LogP contribution in [0.4, 0.5) is 13.2 Å². The average Bonchev–Trinajstić information content (AvgIpc) is 3.76. The molecule has 9 rings (SSSR count). The minimum Gasteiger partial charge on any atom is -0.455 e. The van der Waals surface area contributed by atoms with Gasteiger partial charge in [0, 0.05) is 27.0 Å². The van der Waals surface area contributed by atoms with E-state index in [-0.39, 0.29) is 28.6 Å². The highest BCUT2D eigenvalue weighted by Crippen LogP contribution is 2.45. The van der Waals surface area contributed by atoms with Crippen LogP contribution in [0.1, 0.15) is 108 Å². The lowest BCUT2D eigenvalue weighted by Crippen LogP contribution is -2.20. The maximum Gasteiger partial charge on any atom is 0.149 e. The monoisotopic (exact) mass is 765 g/mol. The number of fused-ring (bicyclic) bond motifs is 4. The molecule has 1 aliphatic carbocycles. The van der Waals surface area contributed by atoms with Gasteiger partial charge in [0.05, 0.1) is 30.6 Å². The molecule has 0 aliphatic heterocycles. The van der Waals surface area contributed by atoms with Crippen LogP contribution in [0.15, 0.2) is 114 Å². The van der Waals surface area contributed by atoms with Crippen molar-refractivity contribution in [2.45, 2.75) is 84.9 Å². The van der Waals surface area contributed by atoms with E-state index in [1.54, 1.807) is 52.0 Å². The van der Waals surface area contributed by atoms with E-state index in [0.29, 0.717) is 97.5 Å². The number of para-hydroxylation sites is 3. The number of benzene rings is 6. The molecule has 8 aromatic rings. The Hall–Kier alpha value is -5.62. The van der Waals surface area contributed by atoms with Gasteiger partial charge in [-0.05, 0) is 125 Å². The van der Waals surface area contributed by atoms with Crippen LogP contribution in [-0.4, -0.2) is 9.55 Å². The second-order valence-electron chi connectivity index (χ2n) is 16.6. The van der Waals surface area contributed by atoms with E-state index in [2.05, 4.69) is 13.8 Å². The molecule has 2 aromatic heterocycles. The second kappa shape index (κ2) is 14.1. The molecule has 1 aliphatic rings. The van der Waals surface area contributed by atoms with Gasteiger partial charge in [0.2, 0.25) is 0 Å². The summed E-state index contributed by atoms with van der Waals surface area (Å²) >= 11 is 0. The number of nitrogens with zero attached hydrogens (tertiary/aromatic N) is 2. The van der Waals surface area contributed by atoms with Crippen LogP contribution in [0.25, 0.3) is 72.3 Å². The third-order valence-corrected chi connectivity index (χ3v) is 11.7. The zero-order chi connectivity index (χ0) is 44.3. The minimum absolute atomic E-state index is 0.123. The van der Waals surface area contributed by atoms with Crippen LogP contribution in [0.2, 0.25) is 0 Å². The molecule has 0 amide bonds. The van der Waals surface area contributed by atoms with E-state index in [9.17, 15) is 20.0 Å². The fraction of sp³-hybridized carbons (Fsp3) is 0.275. The Labute approximate surface area is 339 Å². The number of hydrogen-bond donors (Lipinski definition) is 0. The Kier molecular flexibility index (Phi) is 7.78. The largest absolute Gasteiger partial charge is 0.455 e. The molecule has 1 fully saturated rings. The molecule has 2 heterocycles. The first-order valence-electron chi connectivity index (χ1n) is 22.0. The lowest BCUT2D eigenvalue weighted by Gasteiger charge is -2.34. The number of hydrogen-bond acceptors (Lipinski definition) is 2. The zero-order valence-corrected chi connectivity index (χ0v) is 33.0. The highest BCUT2D eigenvalue weighted by atomic mass is 19.1. The van der Waals surface area contributed by atoms with Crippen molar-refractivity contribution in [3.63, 3.8) is 0 Å². The average molecular weight is 766 g/mol. The molecule has 3 nitrogen and oxygen atoms in total. The Morgan fingerprint density at radius 2 is 1.44 bits per heavy atom. The summed E-state index contributed by atoms with van der Waals surface area (Å²) in [5.41, 5.74) is 6.00. The summed E-state index contributed by atoms with van der Waals surface area (Å²) in [4.78, 5) is 5.17. The predicted molar refractivity (Wildman–Crippen MR) is 228 cm³/mol. The molecule has 6 aromatic carbocycles. The van der Waals surface area contributed by atoms with E-state index in [4.69, 9.17) is 9.40 Å². The second-order valence-corrected chi connectivity index (χ2v) is 16.6.